The molecular weight excluding hydrogens is 397 g/mol. The van der Waals surface area contributed by atoms with Gasteiger partial charge in [0, 0.05) is 27.7 Å². The number of benzene rings is 2. The molecule has 1 aliphatic heterocycles. The molecule has 1 heterocycles. The largest absolute Gasteiger partial charge is 0.335 e. The zero-order valence-corrected chi connectivity index (χ0v) is 14.8. The fourth-order valence-corrected chi connectivity index (χ4v) is 2.69. The summed E-state index contributed by atoms with van der Waals surface area (Å²) in [6.45, 7) is 0. The number of carbonyl (C=O) groups excluding carboxylic acids is 3. The zero-order chi connectivity index (χ0) is 19.7. The molecule has 2 aromatic carbocycles. The maximum atomic E-state index is 12.7. The molecule has 136 valence electrons. The molecule has 0 bridgehead atoms. The molecule has 3 rings (SSSR count). The van der Waals surface area contributed by atoms with E-state index >= 15 is 0 Å². The van der Waals surface area contributed by atoms with E-state index in [-0.39, 0.29) is 22.0 Å². The maximum absolute atomic E-state index is 12.7. The minimum absolute atomic E-state index is 0.0924. The first-order valence-corrected chi connectivity index (χ1v) is 8.14. The van der Waals surface area contributed by atoms with E-state index in [1.165, 1.54) is 36.4 Å². The van der Waals surface area contributed by atoms with E-state index in [9.17, 15) is 24.5 Å². The number of barbiturate groups is 1. The van der Waals surface area contributed by atoms with E-state index in [2.05, 4.69) is 0 Å². The molecule has 0 spiro atoms. The molecule has 4 amide bonds. The summed E-state index contributed by atoms with van der Waals surface area (Å²) in [4.78, 5) is 48.0. The number of halogens is 2. The maximum Gasteiger partial charge on any atom is 0.335 e. The number of non-ortho nitro benzene ring substituents is 1. The number of urea groups is 1. The van der Waals surface area contributed by atoms with E-state index in [0.29, 0.717) is 5.02 Å². The Bertz CT molecular complexity index is 1020. The predicted molar refractivity (Wildman–Crippen MR) is 98.6 cm³/mol. The van der Waals surface area contributed by atoms with E-state index in [1.807, 2.05) is 5.32 Å². The van der Waals surface area contributed by atoms with Gasteiger partial charge in [-0.05, 0) is 36.4 Å². The molecule has 0 aromatic heterocycles. The normalized spacial score (nSPS) is 15.9. The van der Waals surface area contributed by atoms with Crippen LogP contribution in [0.25, 0.3) is 6.08 Å². The summed E-state index contributed by atoms with van der Waals surface area (Å²) >= 11 is 11.8. The number of nitro groups is 1. The summed E-state index contributed by atoms with van der Waals surface area (Å²) in [5, 5.41) is 13.5. The van der Waals surface area contributed by atoms with Gasteiger partial charge in [-0.3, -0.25) is 25.0 Å². The number of rotatable bonds is 3. The second-order valence-corrected chi connectivity index (χ2v) is 6.24. The second-order valence-electron chi connectivity index (χ2n) is 5.40. The lowest BCUT2D eigenvalue weighted by Gasteiger charge is -2.26. The highest BCUT2D eigenvalue weighted by atomic mass is 35.5. The van der Waals surface area contributed by atoms with Crippen LogP contribution in [0.15, 0.2) is 48.0 Å². The van der Waals surface area contributed by atoms with Crippen molar-refractivity contribution in [2.24, 2.45) is 0 Å². The third-order valence-electron chi connectivity index (χ3n) is 3.68. The van der Waals surface area contributed by atoms with Crippen LogP contribution in [0, 0.1) is 10.1 Å². The van der Waals surface area contributed by atoms with Crippen molar-refractivity contribution in [1.82, 2.24) is 5.32 Å². The lowest BCUT2D eigenvalue weighted by atomic mass is 10.1. The molecule has 10 heteroatoms. The van der Waals surface area contributed by atoms with Crippen LogP contribution < -0.4 is 10.2 Å². The van der Waals surface area contributed by atoms with Crippen LogP contribution in [0.1, 0.15) is 5.56 Å². The van der Waals surface area contributed by atoms with Gasteiger partial charge in [0.25, 0.3) is 17.5 Å². The first-order chi connectivity index (χ1) is 12.8. The summed E-state index contributed by atoms with van der Waals surface area (Å²) in [5.74, 6) is -1.83. The summed E-state index contributed by atoms with van der Waals surface area (Å²) in [5.41, 5.74) is -0.368. The minimum Gasteiger partial charge on any atom is -0.273 e. The first-order valence-electron chi connectivity index (χ1n) is 7.39. The zero-order valence-electron chi connectivity index (χ0n) is 13.3. The number of carbonyl (C=O) groups is 3. The fourth-order valence-electron chi connectivity index (χ4n) is 2.39. The van der Waals surface area contributed by atoms with Gasteiger partial charge < -0.3 is 0 Å². The molecule has 0 atom stereocenters. The minimum atomic E-state index is -0.933. The molecule has 0 saturated carbocycles. The van der Waals surface area contributed by atoms with Gasteiger partial charge in [-0.15, -0.1) is 0 Å². The van der Waals surface area contributed by atoms with Crippen LogP contribution in [0.3, 0.4) is 0 Å². The molecule has 0 unspecified atom stereocenters. The van der Waals surface area contributed by atoms with Crippen LogP contribution in [-0.2, 0) is 9.59 Å². The summed E-state index contributed by atoms with van der Waals surface area (Å²) in [6.07, 6.45) is 1.10. The Balaban J connectivity index is 2.06. The van der Waals surface area contributed by atoms with Gasteiger partial charge in [0.1, 0.15) is 5.57 Å². The first kappa shape index (κ1) is 18.6. The van der Waals surface area contributed by atoms with Crippen LogP contribution >= 0.6 is 23.2 Å². The Labute approximate surface area is 162 Å². The molecule has 1 saturated heterocycles. The Hall–Kier alpha value is -3.23. The molecule has 2 aromatic rings. The SMILES string of the molecule is O=C1NC(=O)N(c2ccc(Cl)cc2)C(=O)/C1=C/c1cc([N+](=O)[O-])ccc1Cl. The lowest BCUT2D eigenvalue weighted by molar-refractivity contribution is -0.384. The smallest absolute Gasteiger partial charge is 0.273 e. The molecule has 27 heavy (non-hydrogen) atoms. The van der Waals surface area contributed by atoms with Crippen LogP contribution in [0.4, 0.5) is 16.2 Å². The number of hydrogen-bond acceptors (Lipinski definition) is 5. The number of anilines is 1. The van der Waals surface area contributed by atoms with Crippen molar-refractivity contribution in [2.75, 3.05) is 4.90 Å². The molecule has 0 aliphatic carbocycles. The van der Waals surface area contributed by atoms with Crippen molar-refractivity contribution in [3.63, 3.8) is 0 Å². The standard InChI is InChI=1S/C17H9Cl2N3O5/c18-10-1-3-11(4-2-10)21-16(24)13(15(23)20-17(21)25)8-9-7-12(22(26)27)5-6-14(9)19/h1-8H,(H,20,23,25)/b13-8+. The summed E-state index contributed by atoms with van der Waals surface area (Å²) < 4.78 is 0. The number of nitro benzene ring substituents is 1. The molecule has 1 N–H and O–H groups in total. The van der Waals surface area contributed by atoms with Crippen molar-refractivity contribution in [2.45, 2.75) is 0 Å². The second kappa shape index (κ2) is 7.18. The van der Waals surface area contributed by atoms with Gasteiger partial charge in [-0.2, -0.15) is 0 Å². The quantitative estimate of drug-likeness (QED) is 0.363. The van der Waals surface area contributed by atoms with E-state index in [1.54, 1.807) is 0 Å². The highest BCUT2D eigenvalue weighted by molar-refractivity contribution is 6.40. The molecule has 8 nitrogen and oxygen atoms in total. The fraction of sp³-hybridized carbons (Fsp3) is 0. The highest BCUT2D eigenvalue weighted by Crippen LogP contribution is 2.27. The average molecular weight is 406 g/mol. The molecule has 1 aliphatic rings. The molecule has 0 radical (unpaired) electrons. The van der Waals surface area contributed by atoms with Crippen molar-refractivity contribution < 1.29 is 19.3 Å². The van der Waals surface area contributed by atoms with Crippen LogP contribution in [0.5, 0.6) is 0 Å². The number of amides is 4. The van der Waals surface area contributed by atoms with E-state index in [0.717, 1.165) is 17.0 Å². The Morgan fingerprint density at radius 1 is 1.04 bits per heavy atom. The van der Waals surface area contributed by atoms with E-state index < -0.39 is 28.3 Å². The number of nitrogens with zero attached hydrogens (tertiary/aromatic N) is 2. The van der Waals surface area contributed by atoms with Crippen LogP contribution in [0.2, 0.25) is 10.0 Å². The molecular formula is C17H9Cl2N3O5. The number of nitrogens with one attached hydrogen (secondary N) is 1. The van der Waals surface area contributed by atoms with Crippen molar-refractivity contribution >= 4 is 58.5 Å². The van der Waals surface area contributed by atoms with Crippen molar-refractivity contribution in [1.29, 1.82) is 0 Å². The monoisotopic (exact) mass is 405 g/mol. The van der Waals surface area contributed by atoms with Gasteiger partial charge >= 0.3 is 6.03 Å². The Morgan fingerprint density at radius 3 is 2.33 bits per heavy atom. The highest BCUT2D eigenvalue weighted by Gasteiger charge is 2.37. The van der Waals surface area contributed by atoms with Crippen molar-refractivity contribution in [3.8, 4) is 0 Å². The Morgan fingerprint density at radius 2 is 1.70 bits per heavy atom. The molecule has 1 fully saturated rings. The van der Waals surface area contributed by atoms with Gasteiger partial charge in [-0.25, -0.2) is 9.69 Å². The topological polar surface area (TPSA) is 110 Å². The lowest BCUT2D eigenvalue weighted by Crippen LogP contribution is -2.54. The van der Waals surface area contributed by atoms with Gasteiger partial charge in [0.05, 0.1) is 10.6 Å². The van der Waals surface area contributed by atoms with Gasteiger partial charge in [0.2, 0.25) is 0 Å². The predicted octanol–water partition coefficient (Wildman–Crippen LogP) is 3.57. The van der Waals surface area contributed by atoms with Gasteiger partial charge in [-0.1, -0.05) is 23.2 Å². The van der Waals surface area contributed by atoms with E-state index in [4.69, 9.17) is 23.2 Å². The third kappa shape index (κ3) is 3.67. The number of hydrogen-bond donors (Lipinski definition) is 1. The number of imide groups is 2. The third-order valence-corrected chi connectivity index (χ3v) is 4.27. The van der Waals surface area contributed by atoms with Gasteiger partial charge in [0.15, 0.2) is 0 Å². The average Bonchev–Trinajstić information content (AvgIpc) is 2.61. The van der Waals surface area contributed by atoms with Crippen molar-refractivity contribution in [3.05, 3.63) is 73.8 Å². The summed E-state index contributed by atoms with van der Waals surface area (Å²) in [7, 11) is 0. The van der Waals surface area contributed by atoms with Crippen LogP contribution in [-0.4, -0.2) is 22.8 Å². The Kier molecular flexibility index (Phi) is 4.93. The summed E-state index contributed by atoms with van der Waals surface area (Å²) in [6, 6.07) is 8.51.